The Balaban J connectivity index is 1.95. The van der Waals surface area contributed by atoms with Crippen LogP contribution < -0.4 is 15.9 Å². The second-order valence-corrected chi connectivity index (χ2v) is 5.99. The number of para-hydroxylation sites is 1. The number of carbonyl (C=O) groups is 1. The van der Waals surface area contributed by atoms with Crippen molar-refractivity contribution in [3.8, 4) is 18.1 Å². The highest BCUT2D eigenvalue weighted by atomic mass is 32.2. The second kappa shape index (κ2) is 8.26. The van der Waals surface area contributed by atoms with Gasteiger partial charge in [-0.3, -0.25) is 4.79 Å². The van der Waals surface area contributed by atoms with Crippen LogP contribution in [0.3, 0.4) is 0 Å². The fourth-order valence-corrected chi connectivity index (χ4v) is 2.70. The Morgan fingerprint density at radius 2 is 2.12 bits per heavy atom. The van der Waals surface area contributed by atoms with E-state index in [1.54, 1.807) is 0 Å². The van der Waals surface area contributed by atoms with Gasteiger partial charge in [0.25, 0.3) is 0 Å². The van der Waals surface area contributed by atoms with E-state index < -0.39 is 0 Å². The number of hydrogen-bond acceptors (Lipinski definition) is 6. The zero-order valence-corrected chi connectivity index (χ0v) is 14.4. The summed E-state index contributed by atoms with van der Waals surface area (Å²) in [5.74, 6) is 9.56. The number of nitrogen functional groups attached to an aromatic ring is 1. The van der Waals surface area contributed by atoms with E-state index in [0.717, 1.165) is 16.9 Å². The molecule has 0 spiro atoms. The molecule has 0 aliphatic heterocycles. The number of aromatic nitrogens is 3. The third-order valence-electron chi connectivity index (χ3n) is 3.21. The van der Waals surface area contributed by atoms with Gasteiger partial charge in [0.1, 0.15) is 12.4 Å². The topological polar surface area (TPSA) is 95.1 Å². The average Bonchev–Trinajstić information content (AvgIpc) is 2.91. The standard InChI is InChI=1S/C16H19N5O2S/c1-4-8-18-14(22)10-24-16-20-19-13(21(16)17)9-23-15-11(2)6-5-7-12(15)3/h1,5-7H,8-10,17H2,2-3H3,(H,18,22). The van der Waals surface area contributed by atoms with Crippen LogP contribution in [0.4, 0.5) is 0 Å². The highest BCUT2D eigenvalue weighted by molar-refractivity contribution is 7.99. The van der Waals surface area contributed by atoms with Gasteiger partial charge in [0, 0.05) is 0 Å². The largest absolute Gasteiger partial charge is 0.485 e. The lowest BCUT2D eigenvalue weighted by atomic mass is 10.1. The zero-order chi connectivity index (χ0) is 17.5. The van der Waals surface area contributed by atoms with Crippen molar-refractivity contribution < 1.29 is 9.53 Å². The minimum atomic E-state index is -0.186. The molecular formula is C16H19N5O2S. The van der Waals surface area contributed by atoms with Crippen LogP contribution in [-0.4, -0.2) is 33.1 Å². The van der Waals surface area contributed by atoms with Gasteiger partial charge >= 0.3 is 0 Å². The van der Waals surface area contributed by atoms with Crippen LogP contribution in [-0.2, 0) is 11.4 Å². The number of nitrogens with zero attached hydrogens (tertiary/aromatic N) is 3. The number of ether oxygens (including phenoxy) is 1. The number of rotatable bonds is 7. The molecule has 2 rings (SSSR count). The van der Waals surface area contributed by atoms with E-state index in [1.165, 1.54) is 16.4 Å². The van der Waals surface area contributed by atoms with Crippen LogP contribution >= 0.6 is 11.8 Å². The van der Waals surface area contributed by atoms with Crippen molar-refractivity contribution in [3.63, 3.8) is 0 Å². The van der Waals surface area contributed by atoms with E-state index >= 15 is 0 Å². The lowest BCUT2D eigenvalue weighted by Gasteiger charge is -2.11. The van der Waals surface area contributed by atoms with E-state index in [9.17, 15) is 4.79 Å². The van der Waals surface area contributed by atoms with Crippen LogP contribution in [0.2, 0.25) is 0 Å². The summed E-state index contributed by atoms with van der Waals surface area (Å²) in [7, 11) is 0. The molecule has 7 nitrogen and oxygen atoms in total. The summed E-state index contributed by atoms with van der Waals surface area (Å²) in [6.45, 7) is 4.35. The van der Waals surface area contributed by atoms with Crippen LogP contribution in [0, 0.1) is 26.2 Å². The molecule has 0 bridgehead atoms. The molecule has 0 atom stereocenters. The van der Waals surface area contributed by atoms with E-state index in [4.69, 9.17) is 17.0 Å². The number of nitrogens with one attached hydrogen (secondary N) is 1. The van der Waals surface area contributed by atoms with Crippen LogP contribution in [0.1, 0.15) is 17.0 Å². The summed E-state index contributed by atoms with van der Waals surface area (Å²) in [6.07, 6.45) is 5.08. The molecule has 0 saturated heterocycles. The maximum atomic E-state index is 11.5. The Kier molecular flexibility index (Phi) is 6.09. The molecule has 1 aromatic heterocycles. The number of hydrogen-bond donors (Lipinski definition) is 2. The molecule has 0 radical (unpaired) electrons. The van der Waals surface area contributed by atoms with Crippen molar-refractivity contribution in [1.29, 1.82) is 0 Å². The third-order valence-corrected chi connectivity index (χ3v) is 4.15. The van der Waals surface area contributed by atoms with Crippen molar-refractivity contribution in [3.05, 3.63) is 35.2 Å². The maximum absolute atomic E-state index is 11.5. The minimum absolute atomic E-state index is 0.161. The maximum Gasteiger partial charge on any atom is 0.231 e. The number of aryl methyl sites for hydroxylation is 2. The van der Waals surface area contributed by atoms with Gasteiger partial charge in [-0.2, -0.15) is 0 Å². The fraction of sp³-hybridized carbons (Fsp3) is 0.312. The predicted octanol–water partition coefficient (Wildman–Crippen LogP) is 1.03. The number of carbonyl (C=O) groups excluding carboxylic acids is 1. The number of terminal acetylenes is 1. The molecule has 1 amide bonds. The number of thioether (sulfide) groups is 1. The monoisotopic (exact) mass is 345 g/mol. The third kappa shape index (κ3) is 4.43. The normalized spacial score (nSPS) is 10.2. The van der Waals surface area contributed by atoms with Gasteiger partial charge in [-0.15, -0.1) is 16.6 Å². The first-order valence-corrected chi connectivity index (χ1v) is 8.22. The van der Waals surface area contributed by atoms with Gasteiger partial charge in [-0.25, -0.2) is 4.68 Å². The summed E-state index contributed by atoms with van der Waals surface area (Å²) < 4.78 is 7.14. The lowest BCUT2D eigenvalue weighted by molar-refractivity contribution is -0.118. The van der Waals surface area contributed by atoms with Gasteiger partial charge in [0.2, 0.25) is 11.1 Å². The molecule has 8 heteroatoms. The Hall–Kier alpha value is -2.66. The molecule has 0 aliphatic carbocycles. The molecule has 0 saturated carbocycles. The summed E-state index contributed by atoms with van der Waals surface area (Å²) >= 11 is 1.18. The van der Waals surface area contributed by atoms with Gasteiger partial charge < -0.3 is 15.9 Å². The Bertz CT molecular complexity index is 746. The molecule has 24 heavy (non-hydrogen) atoms. The number of amides is 1. The molecule has 0 fully saturated rings. The molecule has 1 aromatic carbocycles. The lowest BCUT2D eigenvalue weighted by Crippen LogP contribution is -2.25. The van der Waals surface area contributed by atoms with E-state index in [-0.39, 0.29) is 24.8 Å². The smallest absolute Gasteiger partial charge is 0.231 e. The molecule has 0 unspecified atom stereocenters. The molecule has 2 aromatic rings. The molecule has 1 heterocycles. The Labute approximate surface area is 144 Å². The Morgan fingerprint density at radius 1 is 1.42 bits per heavy atom. The molecular weight excluding hydrogens is 326 g/mol. The SMILES string of the molecule is C#CCNC(=O)CSc1nnc(COc2c(C)cccc2C)n1N. The minimum Gasteiger partial charge on any atom is -0.485 e. The Morgan fingerprint density at radius 3 is 2.79 bits per heavy atom. The van der Waals surface area contributed by atoms with Gasteiger partial charge in [-0.05, 0) is 25.0 Å². The van der Waals surface area contributed by atoms with E-state index in [0.29, 0.717) is 11.0 Å². The summed E-state index contributed by atoms with van der Waals surface area (Å²) in [5.41, 5.74) is 2.08. The fourth-order valence-electron chi connectivity index (χ4n) is 2.00. The summed E-state index contributed by atoms with van der Waals surface area (Å²) in [5, 5.41) is 11.0. The van der Waals surface area contributed by atoms with Crippen LogP contribution in [0.15, 0.2) is 23.4 Å². The highest BCUT2D eigenvalue weighted by Crippen LogP contribution is 2.23. The average molecular weight is 345 g/mol. The predicted molar refractivity (Wildman–Crippen MR) is 93.0 cm³/mol. The van der Waals surface area contributed by atoms with Crippen molar-refractivity contribution in [2.75, 3.05) is 18.1 Å². The zero-order valence-electron chi connectivity index (χ0n) is 13.6. The first-order chi connectivity index (χ1) is 11.5. The van der Waals surface area contributed by atoms with Crippen molar-refractivity contribution in [2.24, 2.45) is 0 Å². The molecule has 126 valence electrons. The van der Waals surface area contributed by atoms with Crippen LogP contribution in [0.5, 0.6) is 5.75 Å². The van der Waals surface area contributed by atoms with Crippen LogP contribution in [0.25, 0.3) is 0 Å². The quantitative estimate of drug-likeness (QED) is 0.442. The summed E-state index contributed by atoms with van der Waals surface area (Å²) in [6, 6.07) is 5.93. The van der Waals surface area contributed by atoms with Crippen molar-refractivity contribution >= 4 is 17.7 Å². The number of benzene rings is 1. The molecule has 0 aliphatic rings. The molecule has 3 N–H and O–H groups in total. The van der Waals surface area contributed by atoms with Crippen molar-refractivity contribution in [1.82, 2.24) is 20.2 Å². The van der Waals surface area contributed by atoms with Crippen molar-refractivity contribution in [2.45, 2.75) is 25.6 Å². The first kappa shape index (κ1) is 17.7. The van der Waals surface area contributed by atoms with Gasteiger partial charge in [-0.1, -0.05) is 35.9 Å². The van der Waals surface area contributed by atoms with Gasteiger partial charge in [0.15, 0.2) is 5.82 Å². The first-order valence-electron chi connectivity index (χ1n) is 7.24. The van der Waals surface area contributed by atoms with E-state index in [1.807, 2.05) is 32.0 Å². The second-order valence-electron chi connectivity index (χ2n) is 5.05. The summed E-state index contributed by atoms with van der Waals surface area (Å²) in [4.78, 5) is 11.5. The highest BCUT2D eigenvalue weighted by Gasteiger charge is 2.13. The van der Waals surface area contributed by atoms with E-state index in [2.05, 4.69) is 21.4 Å². The number of nitrogens with two attached hydrogens (primary N) is 1. The van der Waals surface area contributed by atoms with Gasteiger partial charge in [0.05, 0.1) is 12.3 Å².